The van der Waals surface area contributed by atoms with Gasteiger partial charge in [0.15, 0.2) is 5.76 Å². The maximum Gasteiger partial charge on any atom is 0.324 e. The second kappa shape index (κ2) is 7.43. The van der Waals surface area contributed by atoms with Gasteiger partial charge in [-0.15, -0.1) is 0 Å². The molecule has 2 aromatic heterocycles. The second-order valence-electron chi connectivity index (χ2n) is 6.38. The van der Waals surface area contributed by atoms with Crippen LogP contribution < -0.4 is 10.2 Å². The number of aromatic nitrogens is 2. The molecule has 0 atom stereocenters. The lowest BCUT2D eigenvalue weighted by molar-refractivity contribution is 0.0917. The first-order valence-corrected chi connectivity index (χ1v) is 8.75. The average Bonchev–Trinajstić information content (AvgIpc) is 3.39. The summed E-state index contributed by atoms with van der Waals surface area (Å²) in [7, 11) is 0. The predicted molar refractivity (Wildman–Crippen MR) is 95.7 cm³/mol. The first-order valence-electron chi connectivity index (χ1n) is 8.75. The SMILES string of the molecule is O=C(NCC1CCN(c2nc(-c3ccccc3)no2)CC1)c1ccco1. The summed E-state index contributed by atoms with van der Waals surface area (Å²) in [4.78, 5) is 18.5. The Labute approximate surface area is 151 Å². The molecule has 1 aliphatic rings. The van der Waals surface area contributed by atoms with Crippen molar-refractivity contribution in [2.45, 2.75) is 12.8 Å². The molecule has 0 radical (unpaired) electrons. The quantitative estimate of drug-likeness (QED) is 0.760. The molecule has 7 heteroatoms. The third kappa shape index (κ3) is 3.61. The summed E-state index contributed by atoms with van der Waals surface area (Å²) in [5.74, 6) is 1.22. The van der Waals surface area contributed by atoms with Crippen LogP contribution in [0.15, 0.2) is 57.7 Å². The zero-order valence-electron chi connectivity index (χ0n) is 14.3. The van der Waals surface area contributed by atoms with Gasteiger partial charge in [0.2, 0.25) is 5.82 Å². The van der Waals surface area contributed by atoms with Crippen molar-refractivity contribution < 1.29 is 13.7 Å². The van der Waals surface area contributed by atoms with E-state index in [1.165, 1.54) is 6.26 Å². The molecule has 134 valence electrons. The summed E-state index contributed by atoms with van der Waals surface area (Å²) in [6.45, 7) is 2.31. The molecule has 3 aromatic rings. The lowest BCUT2D eigenvalue weighted by atomic mass is 9.97. The van der Waals surface area contributed by atoms with Gasteiger partial charge in [-0.3, -0.25) is 4.79 Å². The number of anilines is 1. The van der Waals surface area contributed by atoms with Gasteiger partial charge in [-0.1, -0.05) is 35.5 Å². The maximum absolute atomic E-state index is 11.9. The van der Waals surface area contributed by atoms with E-state index in [1.807, 2.05) is 30.3 Å². The number of hydrogen-bond acceptors (Lipinski definition) is 6. The Morgan fingerprint density at radius 3 is 2.69 bits per heavy atom. The van der Waals surface area contributed by atoms with Crippen LogP contribution in [0.4, 0.5) is 6.01 Å². The van der Waals surface area contributed by atoms with E-state index in [9.17, 15) is 4.79 Å². The number of nitrogens with zero attached hydrogens (tertiary/aromatic N) is 3. The van der Waals surface area contributed by atoms with Gasteiger partial charge < -0.3 is 19.2 Å². The van der Waals surface area contributed by atoms with Gasteiger partial charge >= 0.3 is 6.01 Å². The molecule has 1 amide bonds. The zero-order valence-corrected chi connectivity index (χ0v) is 14.3. The number of rotatable bonds is 5. The van der Waals surface area contributed by atoms with Gasteiger partial charge in [-0.2, -0.15) is 4.98 Å². The van der Waals surface area contributed by atoms with E-state index in [1.54, 1.807) is 12.1 Å². The highest BCUT2D eigenvalue weighted by Gasteiger charge is 2.24. The topological polar surface area (TPSA) is 84.4 Å². The highest BCUT2D eigenvalue weighted by Crippen LogP contribution is 2.24. The molecule has 1 N–H and O–H groups in total. The van der Waals surface area contributed by atoms with Crippen LogP contribution in [0.25, 0.3) is 11.4 Å². The van der Waals surface area contributed by atoms with Crippen LogP contribution in [0.5, 0.6) is 0 Å². The van der Waals surface area contributed by atoms with Crippen molar-refractivity contribution in [3.8, 4) is 11.4 Å². The molecule has 0 unspecified atom stereocenters. The number of piperidine rings is 1. The van der Waals surface area contributed by atoms with Crippen LogP contribution in [0.3, 0.4) is 0 Å². The van der Waals surface area contributed by atoms with E-state index in [-0.39, 0.29) is 5.91 Å². The van der Waals surface area contributed by atoms with E-state index in [0.717, 1.165) is 31.5 Å². The summed E-state index contributed by atoms with van der Waals surface area (Å²) in [6.07, 6.45) is 3.42. The molecule has 1 saturated heterocycles. The Morgan fingerprint density at radius 2 is 1.96 bits per heavy atom. The van der Waals surface area contributed by atoms with E-state index in [4.69, 9.17) is 8.94 Å². The fraction of sp³-hybridized carbons (Fsp3) is 0.316. The molecule has 1 fully saturated rings. The first kappa shape index (κ1) is 16.4. The minimum Gasteiger partial charge on any atom is -0.459 e. The fourth-order valence-electron chi connectivity index (χ4n) is 3.11. The zero-order chi connectivity index (χ0) is 17.8. The van der Waals surface area contributed by atoms with E-state index >= 15 is 0 Å². The summed E-state index contributed by atoms with van der Waals surface area (Å²) < 4.78 is 10.5. The molecule has 3 heterocycles. The lowest BCUT2D eigenvalue weighted by Crippen LogP contribution is -2.38. The molecular formula is C19H20N4O3. The number of carbonyl (C=O) groups is 1. The van der Waals surface area contributed by atoms with Crippen molar-refractivity contribution in [2.75, 3.05) is 24.5 Å². The normalized spacial score (nSPS) is 15.2. The largest absolute Gasteiger partial charge is 0.459 e. The van der Waals surface area contributed by atoms with E-state index in [2.05, 4.69) is 20.4 Å². The number of nitrogens with one attached hydrogen (secondary N) is 1. The van der Waals surface area contributed by atoms with Gasteiger partial charge in [-0.05, 0) is 30.9 Å². The van der Waals surface area contributed by atoms with Crippen molar-refractivity contribution in [3.63, 3.8) is 0 Å². The van der Waals surface area contributed by atoms with Crippen LogP contribution in [0.2, 0.25) is 0 Å². The molecule has 0 saturated carbocycles. The smallest absolute Gasteiger partial charge is 0.324 e. The van der Waals surface area contributed by atoms with Gasteiger partial charge in [0.05, 0.1) is 6.26 Å². The van der Waals surface area contributed by atoms with Gasteiger partial charge in [0.25, 0.3) is 5.91 Å². The highest BCUT2D eigenvalue weighted by molar-refractivity contribution is 5.91. The Kier molecular flexibility index (Phi) is 4.68. The van der Waals surface area contributed by atoms with Crippen LogP contribution in [0, 0.1) is 5.92 Å². The van der Waals surface area contributed by atoms with E-state index < -0.39 is 0 Å². The third-order valence-electron chi connectivity index (χ3n) is 4.63. The van der Waals surface area contributed by atoms with E-state index in [0.29, 0.717) is 30.1 Å². The number of hydrogen-bond donors (Lipinski definition) is 1. The monoisotopic (exact) mass is 352 g/mol. The van der Waals surface area contributed by atoms with Crippen molar-refractivity contribution in [1.82, 2.24) is 15.5 Å². The minimum atomic E-state index is -0.165. The molecule has 0 aliphatic carbocycles. The fourth-order valence-corrected chi connectivity index (χ4v) is 3.11. The summed E-state index contributed by atoms with van der Waals surface area (Å²) in [5, 5.41) is 7.01. The predicted octanol–water partition coefficient (Wildman–Crippen LogP) is 2.98. The molecule has 1 aromatic carbocycles. The van der Waals surface area contributed by atoms with Crippen molar-refractivity contribution in [1.29, 1.82) is 0 Å². The molecule has 26 heavy (non-hydrogen) atoms. The van der Waals surface area contributed by atoms with Gasteiger partial charge in [0, 0.05) is 25.2 Å². The van der Waals surface area contributed by atoms with Crippen LogP contribution >= 0.6 is 0 Å². The summed E-state index contributed by atoms with van der Waals surface area (Å²) >= 11 is 0. The first-order chi connectivity index (χ1) is 12.8. The molecule has 4 rings (SSSR count). The number of furan rings is 1. The Hall–Kier alpha value is -3.09. The summed E-state index contributed by atoms with van der Waals surface area (Å²) in [5.41, 5.74) is 0.943. The molecule has 7 nitrogen and oxygen atoms in total. The van der Waals surface area contributed by atoms with Crippen LogP contribution in [-0.4, -0.2) is 35.7 Å². The number of carbonyl (C=O) groups excluding carboxylic acids is 1. The van der Waals surface area contributed by atoms with Crippen LogP contribution in [0.1, 0.15) is 23.4 Å². The van der Waals surface area contributed by atoms with Gasteiger partial charge in [0.1, 0.15) is 0 Å². The highest BCUT2D eigenvalue weighted by atomic mass is 16.5. The number of amides is 1. The average molecular weight is 352 g/mol. The molecule has 1 aliphatic heterocycles. The molecule has 0 bridgehead atoms. The van der Waals surface area contributed by atoms with Crippen molar-refractivity contribution >= 4 is 11.9 Å². The molecule has 0 spiro atoms. The lowest BCUT2D eigenvalue weighted by Gasteiger charge is -2.30. The summed E-state index contributed by atoms with van der Waals surface area (Å²) in [6, 6.07) is 13.7. The van der Waals surface area contributed by atoms with Gasteiger partial charge in [-0.25, -0.2) is 0 Å². The standard InChI is InChI=1S/C19H20N4O3/c24-18(16-7-4-12-25-16)20-13-14-8-10-23(11-9-14)19-21-17(22-26-19)15-5-2-1-3-6-15/h1-7,12,14H,8-11,13H2,(H,20,24). The van der Waals surface area contributed by atoms with Crippen molar-refractivity contribution in [2.24, 2.45) is 5.92 Å². The maximum atomic E-state index is 11.9. The number of benzene rings is 1. The molecular weight excluding hydrogens is 332 g/mol. The Morgan fingerprint density at radius 1 is 1.15 bits per heavy atom. The Balaban J connectivity index is 1.29. The van der Waals surface area contributed by atoms with Crippen molar-refractivity contribution in [3.05, 3.63) is 54.5 Å². The van der Waals surface area contributed by atoms with Crippen LogP contribution in [-0.2, 0) is 0 Å². The second-order valence-corrected chi connectivity index (χ2v) is 6.38. The Bertz CT molecular complexity index is 837. The minimum absolute atomic E-state index is 0.165. The third-order valence-corrected chi connectivity index (χ3v) is 4.63.